The lowest BCUT2D eigenvalue weighted by molar-refractivity contribution is -0.130. The first-order valence-electron chi connectivity index (χ1n) is 10.8. The van der Waals surface area contributed by atoms with Crippen molar-refractivity contribution in [2.75, 3.05) is 65.5 Å². The zero-order valence-electron chi connectivity index (χ0n) is 18.0. The monoisotopic (exact) mass is 426 g/mol. The van der Waals surface area contributed by atoms with Gasteiger partial charge >= 0.3 is 6.03 Å². The van der Waals surface area contributed by atoms with E-state index in [0.29, 0.717) is 32.8 Å². The van der Waals surface area contributed by atoms with Gasteiger partial charge in [-0.1, -0.05) is 0 Å². The van der Waals surface area contributed by atoms with E-state index in [0.717, 1.165) is 49.7 Å². The Morgan fingerprint density at radius 2 is 1.52 bits per heavy atom. The zero-order chi connectivity index (χ0) is 21.6. The van der Waals surface area contributed by atoms with Gasteiger partial charge in [-0.2, -0.15) is 5.10 Å². The van der Waals surface area contributed by atoms with E-state index in [-0.39, 0.29) is 11.9 Å². The third kappa shape index (κ3) is 5.35. The third-order valence-corrected chi connectivity index (χ3v) is 5.98. The fourth-order valence-electron chi connectivity index (χ4n) is 4.02. The number of piperazine rings is 2. The van der Waals surface area contributed by atoms with Gasteiger partial charge in [0.1, 0.15) is 12.4 Å². The number of aromatic nitrogens is 2. The molecule has 0 aliphatic carbocycles. The normalized spacial score (nSPS) is 17.6. The third-order valence-electron chi connectivity index (χ3n) is 5.98. The summed E-state index contributed by atoms with van der Waals surface area (Å²) in [5.74, 6) is 0.929. The van der Waals surface area contributed by atoms with Crippen LogP contribution in [0.5, 0.6) is 5.75 Å². The maximum atomic E-state index is 12.7. The van der Waals surface area contributed by atoms with Crippen LogP contribution < -0.4 is 4.74 Å². The predicted molar refractivity (Wildman–Crippen MR) is 117 cm³/mol. The van der Waals surface area contributed by atoms with Crippen molar-refractivity contribution in [1.82, 2.24) is 29.8 Å². The van der Waals surface area contributed by atoms with Gasteiger partial charge in [0.2, 0.25) is 5.91 Å². The summed E-state index contributed by atoms with van der Waals surface area (Å²) in [6.45, 7) is 8.67. The van der Waals surface area contributed by atoms with Gasteiger partial charge in [0.05, 0.1) is 5.69 Å². The Morgan fingerprint density at radius 3 is 2.10 bits per heavy atom. The highest BCUT2D eigenvalue weighted by atomic mass is 16.5. The SMILES string of the molecule is CC(=O)N1CCN(C(=O)N2CCN(CCOc3ccc(-c4ccn[nH]4)cc3)CC2)CC1. The molecule has 1 N–H and O–H groups in total. The fraction of sp³-hybridized carbons (Fsp3) is 0.500. The molecular weight excluding hydrogens is 396 g/mol. The van der Waals surface area contributed by atoms with Gasteiger partial charge in [-0.15, -0.1) is 0 Å². The van der Waals surface area contributed by atoms with E-state index < -0.39 is 0 Å². The molecular formula is C22H30N6O3. The Kier molecular flexibility index (Phi) is 6.71. The summed E-state index contributed by atoms with van der Waals surface area (Å²) in [7, 11) is 0. The second-order valence-corrected chi connectivity index (χ2v) is 7.95. The number of carbonyl (C=O) groups is 2. The number of benzene rings is 1. The Balaban J connectivity index is 1.15. The minimum atomic E-state index is 0.0803. The molecule has 0 spiro atoms. The molecule has 0 radical (unpaired) electrons. The molecule has 31 heavy (non-hydrogen) atoms. The van der Waals surface area contributed by atoms with Crippen LogP contribution >= 0.6 is 0 Å². The van der Waals surface area contributed by atoms with E-state index in [1.807, 2.05) is 40.1 Å². The van der Waals surface area contributed by atoms with Gasteiger partial charge in [-0.3, -0.25) is 14.8 Å². The quantitative estimate of drug-likeness (QED) is 0.780. The van der Waals surface area contributed by atoms with Crippen LogP contribution in [0.2, 0.25) is 0 Å². The van der Waals surface area contributed by atoms with Gasteiger partial charge in [0.25, 0.3) is 0 Å². The van der Waals surface area contributed by atoms with Gasteiger partial charge < -0.3 is 19.4 Å². The summed E-state index contributed by atoms with van der Waals surface area (Å²) in [5.41, 5.74) is 2.06. The van der Waals surface area contributed by atoms with Crippen molar-refractivity contribution in [3.8, 4) is 17.0 Å². The summed E-state index contributed by atoms with van der Waals surface area (Å²) in [6.07, 6.45) is 1.74. The van der Waals surface area contributed by atoms with Crippen molar-refractivity contribution in [2.45, 2.75) is 6.92 Å². The van der Waals surface area contributed by atoms with Crippen LogP contribution in [-0.4, -0.2) is 107 Å². The lowest BCUT2D eigenvalue weighted by atomic mass is 10.1. The van der Waals surface area contributed by atoms with Crippen molar-refractivity contribution < 1.29 is 14.3 Å². The Morgan fingerprint density at radius 1 is 0.903 bits per heavy atom. The fourth-order valence-corrected chi connectivity index (χ4v) is 4.02. The molecule has 9 nitrogen and oxygen atoms in total. The molecule has 166 valence electrons. The lowest BCUT2D eigenvalue weighted by Gasteiger charge is -2.40. The van der Waals surface area contributed by atoms with Crippen molar-refractivity contribution in [3.63, 3.8) is 0 Å². The molecule has 0 saturated carbocycles. The number of amides is 3. The number of urea groups is 1. The van der Waals surface area contributed by atoms with Crippen LogP contribution in [0.25, 0.3) is 11.3 Å². The average molecular weight is 427 g/mol. The molecule has 3 amide bonds. The number of ether oxygens (including phenoxy) is 1. The number of rotatable bonds is 5. The Bertz CT molecular complexity index is 854. The number of hydrogen-bond donors (Lipinski definition) is 1. The summed E-state index contributed by atoms with van der Waals surface area (Å²) in [6, 6.07) is 10.0. The van der Waals surface area contributed by atoms with Gasteiger partial charge in [-0.25, -0.2) is 4.79 Å². The van der Waals surface area contributed by atoms with E-state index in [2.05, 4.69) is 15.1 Å². The zero-order valence-corrected chi connectivity index (χ0v) is 18.0. The topological polar surface area (TPSA) is 85.0 Å². The molecule has 2 aliphatic heterocycles. The van der Waals surface area contributed by atoms with Crippen molar-refractivity contribution in [3.05, 3.63) is 36.5 Å². The number of carbonyl (C=O) groups excluding carboxylic acids is 2. The van der Waals surface area contributed by atoms with Gasteiger partial charge in [0.15, 0.2) is 0 Å². The van der Waals surface area contributed by atoms with E-state index >= 15 is 0 Å². The van der Waals surface area contributed by atoms with E-state index in [1.54, 1.807) is 18.0 Å². The number of nitrogens with one attached hydrogen (secondary N) is 1. The van der Waals surface area contributed by atoms with E-state index in [1.165, 1.54) is 0 Å². The summed E-state index contributed by atoms with van der Waals surface area (Å²) < 4.78 is 5.89. The maximum absolute atomic E-state index is 12.7. The predicted octanol–water partition coefficient (Wildman–Crippen LogP) is 1.36. The molecule has 0 bridgehead atoms. The first kappa shape index (κ1) is 21.2. The van der Waals surface area contributed by atoms with E-state index in [9.17, 15) is 9.59 Å². The van der Waals surface area contributed by atoms with Crippen LogP contribution in [0.15, 0.2) is 36.5 Å². The number of nitrogens with zero attached hydrogens (tertiary/aromatic N) is 5. The molecule has 4 rings (SSSR count). The molecule has 9 heteroatoms. The molecule has 1 aromatic heterocycles. The van der Waals surface area contributed by atoms with Gasteiger partial charge in [-0.05, 0) is 35.9 Å². The highest BCUT2D eigenvalue weighted by Crippen LogP contribution is 2.20. The molecule has 0 atom stereocenters. The highest BCUT2D eigenvalue weighted by Gasteiger charge is 2.28. The molecule has 2 fully saturated rings. The van der Waals surface area contributed by atoms with Crippen LogP contribution in [0.3, 0.4) is 0 Å². The van der Waals surface area contributed by atoms with Crippen LogP contribution in [0.4, 0.5) is 4.79 Å². The molecule has 3 heterocycles. The minimum Gasteiger partial charge on any atom is -0.492 e. The largest absolute Gasteiger partial charge is 0.492 e. The maximum Gasteiger partial charge on any atom is 0.320 e. The second-order valence-electron chi connectivity index (χ2n) is 7.95. The standard InChI is InChI=1S/C22H30N6O3/c1-18(29)26-12-14-28(15-13-26)22(30)27-10-8-25(9-11-27)16-17-31-20-4-2-19(3-5-20)21-6-7-23-24-21/h2-7H,8-17H2,1H3,(H,23,24). The molecule has 1 aromatic carbocycles. The number of hydrogen-bond acceptors (Lipinski definition) is 5. The van der Waals surface area contributed by atoms with E-state index in [4.69, 9.17) is 4.74 Å². The number of H-pyrrole nitrogens is 1. The smallest absolute Gasteiger partial charge is 0.320 e. The van der Waals surface area contributed by atoms with Crippen molar-refractivity contribution >= 4 is 11.9 Å². The second kappa shape index (κ2) is 9.82. The first-order valence-corrected chi connectivity index (χ1v) is 10.8. The van der Waals surface area contributed by atoms with Crippen LogP contribution in [0.1, 0.15) is 6.92 Å². The van der Waals surface area contributed by atoms with Gasteiger partial charge in [0, 0.05) is 72.0 Å². The lowest BCUT2D eigenvalue weighted by Crippen LogP contribution is -2.57. The van der Waals surface area contributed by atoms with Crippen molar-refractivity contribution in [2.24, 2.45) is 0 Å². The number of aromatic amines is 1. The molecule has 2 saturated heterocycles. The minimum absolute atomic E-state index is 0.0803. The summed E-state index contributed by atoms with van der Waals surface area (Å²) in [4.78, 5) is 32.1. The summed E-state index contributed by atoms with van der Waals surface area (Å²) >= 11 is 0. The van der Waals surface area contributed by atoms with Crippen LogP contribution in [0, 0.1) is 0 Å². The average Bonchev–Trinajstić information content (AvgIpc) is 3.35. The Labute approximate surface area is 182 Å². The molecule has 2 aromatic rings. The Hall–Kier alpha value is -3.07. The highest BCUT2D eigenvalue weighted by molar-refractivity contribution is 5.76. The first-order chi connectivity index (χ1) is 15.1. The molecule has 2 aliphatic rings. The molecule has 0 unspecified atom stereocenters. The summed E-state index contributed by atoms with van der Waals surface area (Å²) in [5, 5.41) is 6.92. The van der Waals surface area contributed by atoms with Crippen LogP contribution in [-0.2, 0) is 4.79 Å². The van der Waals surface area contributed by atoms with Crippen molar-refractivity contribution in [1.29, 1.82) is 0 Å².